The zero-order valence-electron chi connectivity index (χ0n) is 12.2. The predicted octanol–water partition coefficient (Wildman–Crippen LogP) is 2.40. The summed E-state index contributed by atoms with van der Waals surface area (Å²) in [6.45, 7) is 2.58. The van der Waals surface area contributed by atoms with Crippen LogP contribution in [0, 0.1) is 6.92 Å². The van der Waals surface area contributed by atoms with Crippen molar-refractivity contribution in [3.05, 3.63) is 39.8 Å². The molecule has 0 atom stereocenters. The number of thiazole rings is 1. The number of nitrogens with one attached hydrogen (secondary N) is 1. The van der Waals surface area contributed by atoms with Gasteiger partial charge in [0.15, 0.2) is 0 Å². The number of hydrogen-bond acceptors (Lipinski definition) is 5. The monoisotopic (exact) mass is 305 g/mol. The molecule has 1 amide bonds. The van der Waals surface area contributed by atoms with E-state index in [2.05, 4.69) is 10.3 Å². The van der Waals surface area contributed by atoms with Crippen LogP contribution in [-0.4, -0.2) is 24.5 Å². The number of anilines is 1. The Kier molecular flexibility index (Phi) is 5.16. The second kappa shape index (κ2) is 7.08. The highest BCUT2D eigenvalue weighted by Gasteiger charge is 2.10. The molecule has 21 heavy (non-hydrogen) atoms. The first-order chi connectivity index (χ1) is 10.1. The fourth-order valence-electron chi connectivity index (χ4n) is 1.93. The molecule has 0 aliphatic rings. The summed E-state index contributed by atoms with van der Waals surface area (Å²) < 4.78 is 5.06. The molecule has 0 radical (unpaired) electrons. The minimum Gasteiger partial charge on any atom is -0.497 e. The largest absolute Gasteiger partial charge is 0.497 e. The lowest BCUT2D eigenvalue weighted by Crippen LogP contribution is -2.25. The second-order valence-electron chi connectivity index (χ2n) is 4.70. The fourth-order valence-corrected chi connectivity index (χ4v) is 2.75. The first kappa shape index (κ1) is 15.3. The third kappa shape index (κ3) is 4.19. The Hall–Kier alpha value is -2.08. The average Bonchev–Trinajstić information content (AvgIpc) is 2.88. The van der Waals surface area contributed by atoms with E-state index in [4.69, 9.17) is 10.5 Å². The van der Waals surface area contributed by atoms with Gasteiger partial charge in [0.25, 0.3) is 5.91 Å². The third-order valence-corrected chi connectivity index (χ3v) is 4.05. The van der Waals surface area contributed by atoms with Crippen LogP contribution in [0.25, 0.3) is 0 Å². The van der Waals surface area contributed by atoms with Crippen molar-refractivity contribution < 1.29 is 9.53 Å². The van der Waals surface area contributed by atoms with E-state index in [0.717, 1.165) is 23.5 Å². The number of nitrogens with zero attached hydrogens (tertiary/aromatic N) is 1. The third-order valence-electron chi connectivity index (χ3n) is 3.02. The standard InChI is InChI=1S/C15H19N3O2S/c1-10-9-21-14(18-10)4-3-7-17-15(19)12-6-5-11(20-2)8-13(12)16/h5-6,8-9H,3-4,7,16H2,1-2H3,(H,17,19). The fraction of sp³-hybridized carbons (Fsp3) is 0.333. The Balaban J connectivity index is 1.81. The van der Waals surface area contributed by atoms with Crippen LogP contribution in [0.15, 0.2) is 23.6 Å². The van der Waals surface area contributed by atoms with Crippen LogP contribution in [0.2, 0.25) is 0 Å². The van der Waals surface area contributed by atoms with Crippen molar-refractivity contribution in [2.24, 2.45) is 0 Å². The second-order valence-corrected chi connectivity index (χ2v) is 5.64. The number of carbonyl (C=O) groups is 1. The van der Waals surface area contributed by atoms with Crippen LogP contribution in [0.1, 0.15) is 27.5 Å². The number of aryl methyl sites for hydroxylation is 2. The van der Waals surface area contributed by atoms with Gasteiger partial charge in [0.2, 0.25) is 0 Å². The molecule has 1 aromatic carbocycles. The number of amides is 1. The van der Waals surface area contributed by atoms with Gasteiger partial charge in [0, 0.05) is 35.8 Å². The van der Waals surface area contributed by atoms with Gasteiger partial charge >= 0.3 is 0 Å². The van der Waals surface area contributed by atoms with Gasteiger partial charge in [-0.3, -0.25) is 4.79 Å². The molecule has 0 fully saturated rings. The van der Waals surface area contributed by atoms with Gasteiger partial charge in [-0.25, -0.2) is 4.98 Å². The maximum Gasteiger partial charge on any atom is 0.253 e. The van der Waals surface area contributed by atoms with Crippen LogP contribution in [0.5, 0.6) is 5.75 Å². The lowest BCUT2D eigenvalue weighted by Gasteiger charge is -2.08. The zero-order chi connectivity index (χ0) is 15.2. The molecule has 0 spiro atoms. The Labute approximate surface area is 128 Å². The van der Waals surface area contributed by atoms with Gasteiger partial charge in [0.05, 0.1) is 17.7 Å². The molecular weight excluding hydrogens is 286 g/mol. The van der Waals surface area contributed by atoms with Crippen molar-refractivity contribution in [1.82, 2.24) is 10.3 Å². The van der Waals surface area contributed by atoms with E-state index in [9.17, 15) is 4.79 Å². The lowest BCUT2D eigenvalue weighted by molar-refractivity contribution is 0.0954. The summed E-state index contributed by atoms with van der Waals surface area (Å²) in [5.41, 5.74) is 7.79. The normalized spacial score (nSPS) is 10.4. The summed E-state index contributed by atoms with van der Waals surface area (Å²) in [5, 5.41) is 6.01. The van der Waals surface area contributed by atoms with Crippen LogP contribution < -0.4 is 15.8 Å². The number of hydrogen-bond donors (Lipinski definition) is 2. The van der Waals surface area contributed by atoms with E-state index < -0.39 is 0 Å². The molecule has 1 heterocycles. The average molecular weight is 305 g/mol. The van der Waals surface area contributed by atoms with E-state index in [1.807, 2.05) is 12.3 Å². The summed E-state index contributed by atoms with van der Waals surface area (Å²) in [6, 6.07) is 5.05. The zero-order valence-corrected chi connectivity index (χ0v) is 13.0. The number of nitrogens with two attached hydrogens (primary N) is 1. The highest BCUT2D eigenvalue weighted by atomic mass is 32.1. The van der Waals surface area contributed by atoms with Crippen molar-refractivity contribution >= 4 is 22.9 Å². The number of rotatable bonds is 6. The van der Waals surface area contributed by atoms with Gasteiger partial charge in [-0.2, -0.15) is 0 Å². The summed E-state index contributed by atoms with van der Waals surface area (Å²) in [4.78, 5) is 16.4. The molecule has 6 heteroatoms. The van der Waals surface area contributed by atoms with E-state index in [1.165, 1.54) is 0 Å². The quantitative estimate of drug-likeness (QED) is 0.634. The molecule has 0 saturated heterocycles. The highest BCUT2D eigenvalue weighted by molar-refractivity contribution is 7.09. The molecule has 0 unspecified atom stereocenters. The Bertz CT molecular complexity index is 625. The van der Waals surface area contributed by atoms with Gasteiger partial charge < -0.3 is 15.8 Å². The SMILES string of the molecule is COc1ccc(C(=O)NCCCc2nc(C)cs2)c(N)c1. The molecule has 0 aliphatic carbocycles. The molecule has 3 N–H and O–H groups in total. The van der Waals surface area contributed by atoms with Gasteiger partial charge in [-0.05, 0) is 25.5 Å². The maximum absolute atomic E-state index is 12.0. The van der Waals surface area contributed by atoms with E-state index in [-0.39, 0.29) is 5.91 Å². The minimum atomic E-state index is -0.162. The smallest absolute Gasteiger partial charge is 0.253 e. The van der Waals surface area contributed by atoms with Crippen molar-refractivity contribution in [3.8, 4) is 5.75 Å². The van der Waals surface area contributed by atoms with Gasteiger partial charge in [0.1, 0.15) is 5.75 Å². The first-order valence-electron chi connectivity index (χ1n) is 6.73. The number of benzene rings is 1. The van der Waals surface area contributed by atoms with Crippen LogP contribution >= 0.6 is 11.3 Å². The van der Waals surface area contributed by atoms with E-state index in [1.54, 1.807) is 36.6 Å². The van der Waals surface area contributed by atoms with Crippen molar-refractivity contribution in [2.75, 3.05) is 19.4 Å². The van der Waals surface area contributed by atoms with E-state index in [0.29, 0.717) is 23.5 Å². The summed E-state index contributed by atoms with van der Waals surface area (Å²) in [6.07, 6.45) is 1.73. The molecule has 112 valence electrons. The number of carbonyl (C=O) groups excluding carboxylic acids is 1. The first-order valence-corrected chi connectivity index (χ1v) is 7.61. The minimum absolute atomic E-state index is 0.162. The lowest BCUT2D eigenvalue weighted by atomic mass is 10.1. The van der Waals surface area contributed by atoms with Gasteiger partial charge in [-0.15, -0.1) is 11.3 Å². The molecule has 1 aromatic heterocycles. The Morgan fingerprint density at radius 1 is 1.48 bits per heavy atom. The molecule has 5 nitrogen and oxygen atoms in total. The predicted molar refractivity (Wildman–Crippen MR) is 84.9 cm³/mol. The number of methoxy groups -OCH3 is 1. The molecule has 0 aliphatic heterocycles. The molecular formula is C15H19N3O2S. The van der Waals surface area contributed by atoms with Crippen molar-refractivity contribution in [1.29, 1.82) is 0 Å². The summed E-state index contributed by atoms with van der Waals surface area (Å²) in [7, 11) is 1.56. The topological polar surface area (TPSA) is 77.2 Å². The van der Waals surface area contributed by atoms with Crippen LogP contribution in [0.4, 0.5) is 5.69 Å². The Morgan fingerprint density at radius 3 is 2.90 bits per heavy atom. The van der Waals surface area contributed by atoms with Gasteiger partial charge in [-0.1, -0.05) is 0 Å². The Morgan fingerprint density at radius 2 is 2.29 bits per heavy atom. The summed E-state index contributed by atoms with van der Waals surface area (Å²) in [5.74, 6) is 0.480. The number of ether oxygens (including phenoxy) is 1. The number of nitrogen functional groups attached to an aromatic ring is 1. The van der Waals surface area contributed by atoms with E-state index >= 15 is 0 Å². The number of aromatic nitrogens is 1. The van der Waals surface area contributed by atoms with Crippen LogP contribution in [0.3, 0.4) is 0 Å². The molecule has 0 bridgehead atoms. The highest BCUT2D eigenvalue weighted by Crippen LogP contribution is 2.19. The van der Waals surface area contributed by atoms with Crippen molar-refractivity contribution in [2.45, 2.75) is 19.8 Å². The molecule has 2 aromatic rings. The molecule has 2 rings (SSSR count). The maximum atomic E-state index is 12.0. The van der Waals surface area contributed by atoms with Crippen molar-refractivity contribution in [3.63, 3.8) is 0 Å². The summed E-state index contributed by atoms with van der Waals surface area (Å²) >= 11 is 1.65. The molecule has 0 saturated carbocycles. The van der Waals surface area contributed by atoms with Crippen LogP contribution in [-0.2, 0) is 6.42 Å².